The highest BCUT2D eigenvalue weighted by atomic mass is 16.5. The van der Waals surface area contributed by atoms with Crippen LogP contribution < -0.4 is 14.2 Å². The van der Waals surface area contributed by atoms with E-state index >= 15 is 0 Å². The number of ether oxygens (including phenoxy) is 3. The minimum atomic E-state index is -0.100. The summed E-state index contributed by atoms with van der Waals surface area (Å²) in [5, 5.41) is 0. The summed E-state index contributed by atoms with van der Waals surface area (Å²) in [6.45, 7) is 1.87. The van der Waals surface area contributed by atoms with Gasteiger partial charge in [-0.2, -0.15) is 0 Å². The third kappa shape index (κ3) is 1.71. The van der Waals surface area contributed by atoms with Crippen LogP contribution in [0, 0.1) is 0 Å². The monoisotopic (exact) mass is 222 g/mol. The van der Waals surface area contributed by atoms with Crippen LogP contribution in [0.25, 0.3) is 0 Å². The standard InChI is InChI=1S/C12H14O4/c1-7-4-9(13)12-10(15-3)5-8(14-2)6-11(12)16-7/h5-7H,4H2,1-3H3. The average molecular weight is 222 g/mol. The van der Waals surface area contributed by atoms with Gasteiger partial charge >= 0.3 is 0 Å². The molecule has 2 rings (SSSR count). The van der Waals surface area contributed by atoms with Crippen molar-refractivity contribution in [2.75, 3.05) is 14.2 Å². The lowest BCUT2D eigenvalue weighted by Gasteiger charge is -2.24. The molecule has 1 aliphatic rings. The van der Waals surface area contributed by atoms with E-state index in [0.29, 0.717) is 29.2 Å². The fourth-order valence-corrected chi connectivity index (χ4v) is 1.83. The van der Waals surface area contributed by atoms with Gasteiger partial charge in [-0.05, 0) is 6.92 Å². The zero-order valence-corrected chi connectivity index (χ0v) is 9.57. The first-order chi connectivity index (χ1) is 7.65. The maximum Gasteiger partial charge on any atom is 0.174 e. The van der Waals surface area contributed by atoms with Gasteiger partial charge in [0.05, 0.1) is 14.2 Å². The summed E-state index contributed by atoms with van der Waals surface area (Å²) in [5.74, 6) is 1.72. The molecule has 16 heavy (non-hydrogen) atoms. The van der Waals surface area contributed by atoms with Gasteiger partial charge in [-0.1, -0.05) is 0 Å². The number of ketones is 1. The maximum atomic E-state index is 11.9. The Balaban J connectivity index is 2.56. The highest BCUT2D eigenvalue weighted by Crippen LogP contribution is 2.38. The van der Waals surface area contributed by atoms with E-state index in [1.165, 1.54) is 7.11 Å². The molecule has 1 aliphatic heterocycles. The zero-order valence-electron chi connectivity index (χ0n) is 9.57. The molecule has 1 aromatic rings. The minimum absolute atomic E-state index is 0.0493. The van der Waals surface area contributed by atoms with Crippen molar-refractivity contribution < 1.29 is 19.0 Å². The van der Waals surface area contributed by atoms with E-state index in [1.807, 2.05) is 6.92 Å². The van der Waals surface area contributed by atoms with E-state index in [0.717, 1.165) is 0 Å². The van der Waals surface area contributed by atoms with Crippen LogP contribution in [0.1, 0.15) is 23.7 Å². The number of rotatable bonds is 2. The molecule has 1 heterocycles. The third-order valence-corrected chi connectivity index (χ3v) is 2.57. The Morgan fingerprint density at radius 3 is 2.69 bits per heavy atom. The lowest BCUT2D eigenvalue weighted by molar-refractivity contribution is 0.0865. The normalized spacial score (nSPS) is 18.7. The molecule has 86 valence electrons. The summed E-state index contributed by atoms with van der Waals surface area (Å²) in [7, 11) is 3.09. The van der Waals surface area contributed by atoms with Gasteiger partial charge in [-0.15, -0.1) is 0 Å². The van der Waals surface area contributed by atoms with Crippen molar-refractivity contribution in [2.24, 2.45) is 0 Å². The molecule has 4 heteroatoms. The first kappa shape index (κ1) is 10.8. The van der Waals surface area contributed by atoms with E-state index in [-0.39, 0.29) is 11.9 Å². The third-order valence-electron chi connectivity index (χ3n) is 2.57. The summed E-state index contributed by atoms with van der Waals surface area (Å²) < 4.78 is 15.9. The Morgan fingerprint density at radius 2 is 2.06 bits per heavy atom. The quantitative estimate of drug-likeness (QED) is 0.768. The van der Waals surface area contributed by atoms with Gasteiger partial charge in [0.25, 0.3) is 0 Å². The molecule has 1 aromatic carbocycles. The smallest absolute Gasteiger partial charge is 0.174 e. The van der Waals surface area contributed by atoms with Crippen molar-refractivity contribution in [3.05, 3.63) is 17.7 Å². The lowest BCUT2D eigenvalue weighted by Crippen LogP contribution is -2.24. The van der Waals surface area contributed by atoms with Crippen molar-refractivity contribution in [1.82, 2.24) is 0 Å². The van der Waals surface area contributed by atoms with Gasteiger partial charge in [-0.25, -0.2) is 0 Å². The van der Waals surface area contributed by atoms with Crippen LogP contribution in [0.4, 0.5) is 0 Å². The van der Waals surface area contributed by atoms with Crippen LogP contribution in [-0.2, 0) is 0 Å². The van der Waals surface area contributed by atoms with Gasteiger partial charge in [0, 0.05) is 18.6 Å². The Hall–Kier alpha value is -1.71. The van der Waals surface area contributed by atoms with Crippen LogP contribution >= 0.6 is 0 Å². The zero-order chi connectivity index (χ0) is 11.7. The minimum Gasteiger partial charge on any atom is -0.496 e. The second-order valence-corrected chi connectivity index (χ2v) is 3.76. The van der Waals surface area contributed by atoms with Crippen molar-refractivity contribution in [1.29, 1.82) is 0 Å². The molecule has 0 N–H and O–H groups in total. The second-order valence-electron chi connectivity index (χ2n) is 3.76. The number of hydrogen-bond donors (Lipinski definition) is 0. The van der Waals surface area contributed by atoms with Gasteiger partial charge < -0.3 is 14.2 Å². The van der Waals surface area contributed by atoms with E-state index in [9.17, 15) is 4.79 Å². The Bertz CT molecular complexity index is 425. The topological polar surface area (TPSA) is 44.8 Å². The first-order valence-corrected chi connectivity index (χ1v) is 5.11. The highest BCUT2D eigenvalue weighted by Gasteiger charge is 2.28. The predicted octanol–water partition coefficient (Wildman–Crippen LogP) is 2.06. The molecule has 4 nitrogen and oxygen atoms in total. The molecule has 0 fully saturated rings. The van der Waals surface area contributed by atoms with Gasteiger partial charge in [-0.3, -0.25) is 4.79 Å². The van der Waals surface area contributed by atoms with E-state index in [1.54, 1.807) is 19.2 Å². The summed E-state index contributed by atoms with van der Waals surface area (Å²) in [6, 6.07) is 3.40. The molecule has 0 aliphatic carbocycles. The molecule has 1 atom stereocenters. The van der Waals surface area contributed by atoms with Crippen molar-refractivity contribution in [3.63, 3.8) is 0 Å². The van der Waals surface area contributed by atoms with Crippen LogP contribution in [0.5, 0.6) is 17.2 Å². The first-order valence-electron chi connectivity index (χ1n) is 5.11. The number of fused-ring (bicyclic) bond motifs is 1. The molecule has 1 unspecified atom stereocenters. The van der Waals surface area contributed by atoms with Crippen molar-refractivity contribution in [3.8, 4) is 17.2 Å². The molecular weight excluding hydrogens is 208 g/mol. The van der Waals surface area contributed by atoms with Crippen LogP contribution in [0.15, 0.2) is 12.1 Å². The largest absolute Gasteiger partial charge is 0.496 e. The fourth-order valence-electron chi connectivity index (χ4n) is 1.83. The van der Waals surface area contributed by atoms with Crippen molar-refractivity contribution in [2.45, 2.75) is 19.4 Å². The summed E-state index contributed by atoms with van der Waals surface area (Å²) >= 11 is 0. The number of carbonyl (C=O) groups is 1. The predicted molar refractivity (Wildman–Crippen MR) is 58.6 cm³/mol. The molecule has 0 amide bonds. The Morgan fingerprint density at radius 1 is 1.31 bits per heavy atom. The summed E-state index contributed by atoms with van der Waals surface area (Å²) in [4.78, 5) is 11.9. The maximum absolute atomic E-state index is 11.9. The number of benzene rings is 1. The Labute approximate surface area is 94.1 Å². The SMILES string of the molecule is COc1cc(OC)c2c(c1)OC(C)CC2=O. The van der Waals surface area contributed by atoms with Crippen LogP contribution in [0.2, 0.25) is 0 Å². The molecule has 0 aromatic heterocycles. The van der Waals surface area contributed by atoms with Gasteiger partial charge in [0.2, 0.25) is 0 Å². The molecular formula is C12H14O4. The number of carbonyl (C=O) groups excluding carboxylic acids is 1. The second kappa shape index (κ2) is 4.04. The van der Waals surface area contributed by atoms with E-state index in [2.05, 4.69) is 0 Å². The highest BCUT2D eigenvalue weighted by molar-refractivity contribution is 6.02. The summed E-state index contributed by atoms with van der Waals surface area (Å²) in [6.07, 6.45) is 0.284. The molecule has 0 saturated carbocycles. The number of Topliss-reactive ketones (excluding diaryl/α,β-unsaturated/α-hetero) is 1. The number of hydrogen-bond acceptors (Lipinski definition) is 4. The number of methoxy groups -OCH3 is 2. The lowest BCUT2D eigenvalue weighted by atomic mass is 10.00. The molecule has 0 spiro atoms. The van der Waals surface area contributed by atoms with Crippen LogP contribution in [-0.4, -0.2) is 26.1 Å². The van der Waals surface area contributed by atoms with Gasteiger partial charge in [0.1, 0.15) is 28.9 Å². The average Bonchev–Trinajstić information content (AvgIpc) is 2.26. The fraction of sp³-hybridized carbons (Fsp3) is 0.417. The molecule has 0 radical (unpaired) electrons. The van der Waals surface area contributed by atoms with Gasteiger partial charge in [0.15, 0.2) is 5.78 Å². The van der Waals surface area contributed by atoms with Crippen LogP contribution in [0.3, 0.4) is 0 Å². The Kier molecular flexibility index (Phi) is 2.73. The van der Waals surface area contributed by atoms with E-state index in [4.69, 9.17) is 14.2 Å². The molecule has 0 bridgehead atoms. The molecule has 0 saturated heterocycles. The summed E-state index contributed by atoms with van der Waals surface area (Å²) in [5.41, 5.74) is 0.515. The van der Waals surface area contributed by atoms with Crippen molar-refractivity contribution >= 4 is 5.78 Å². The van der Waals surface area contributed by atoms with E-state index < -0.39 is 0 Å².